The highest BCUT2D eigenvalue weighted by Crippen LogP contribution is 2.51. The molecule has 3 aliphatic heterocycles. The molecule has 5 atom stereocenters. The van der Waals surface area contributed by atoms with Gasteiger partial charge in [0.05, 0.1) is 45.5 Å². The molecule has 0 radical (unpaired) electrons. The third kappa shape index (κ3) is 6.01. The number of hydrogen-bond donors (Lipinski definition) is 3. The minimum Gasteiger partial charge on any atom is -0.497 e. The van der Waals surface area contributed by atoms with Crippen molar-refractivity contribution in [3.8, 4) is 23.0 Å². The highest BCUT2D eigenvalue weighted by atomic mass is 16.5. The number of hydrogen-bond acceptors (Lipinski definition) is 9. The standard InChI is InChI=1S/C31H40N2O7/c1-35-13-4-5-27-29(24-18-39-25-8-6-20(36-2)16-22(25)30(24)34)31(23-17-21(37-3)7-9-26(23)40-27)38-14-11-19-10-12-33-28(32)15-19/h6-10,15-17,24,27,29-31,33-34H,4-5,11-14,18,32H2,1-3H3. The molecule has 0 spiro atoms. The third-order valence-electron chi connectivity index (χ3n) is 7.98. The molecule has 0 bridgehead atoms. The molecular formula is C31H40N2O7. The Balaban J connectivity index is 1.49. The zero-order valence-corrected chi connectivity index (χ0v) is 23.4. The average molecular weight is 553 g/mol. The summed E-state index contributed by atoms with van der Waals surface area (Å²) in [6.45, 7) is 2.14. The van der Waals surface area contributed by atoms with E-state index in [1.807, 2.05) is 42.5 Å². The molecule has 0 aromatic heterocycles. The van der Waals surface area contributed by atoms with Gasteiger partial charge in [0.15, 0.2) is 0 Å². The molecule has 2 aromatic rings. The maximum Gasteiger partial charge on any atom is 0.125 e. The number of methoxy groups -OCH3 is 3. The van der Waals surface area contributed by atoms with Gasteiger partial charge in [0, 0.05) is 43.2 Å². The molecule has 5 rings (SSSR count). The smallest absolute Gasteiger partial charge is 0.125 e. The molecule has 0 saturated carbocycles. The van der Waals surface area contributed by atoms with Gasteiger partial charge >= 0.3 is 0 Å². The SMILES string of the molecule is COCCCC1Oc2ccc(OC)cc2C(OCCC2=CCNC(N)=C2)C1C1COc2ccc(OC)cc2C1O. The number of benzene rings is 2. The molecule has 3 aliphatic rings. The number of aliphatic hydroxyl groups is 1. The van der Waals surface area contributed by atoms with Gasteiger partial charge < -0.3 is 44.6 Å². The molecule has 40 heavy (non-hydrogen) atoms. The van der Waals surface area contributed by atoms with Crippen LogP contribution in [-0.4, -0.2) is 58.9 Å². The second-order valence-electron chi connectivity index (χ2n) is 10.4. The number of nitrogens with two attached hydrogens (primary N) is 1. The van der Waals surface area contributed by atoms with Crippen molar-refractivity contribution in [2.24, 2.45) is 17.6 Å². The lowest BCUT2D eigenvalue weighted by atomic mass is 9.73. The normalized spacial score (nSPS) is 25.2. The zero-order chi connectivity index (χ0) is 28.1. The molecule has 5 unspecified atom stereocenters. The Morgan fingerprint density at radius 3 is 2.48 bits per heavy atom. The van der Waals surface area contributed by atoms with Crippen LogP contribution in [0.25, 0.3) is 0 Å². The summed E-state index contributed by atoms with van der Waals surface area (Å²) in [4.78, 5) is 0. The van der Waals surface area contributed by atoms with Crippen molar-refractivity contribution >= 4 is 0 Å². The number of rotatable bonds is 11. The average Bonchev–Trinajstić information content (AvgIpc) is 2.97. The van der Waals surface area contributed by atoms with E-state index in [2.05, 4.69) is 11.4 Å². The minimum absolute atomic E-state index is 0.201. The van der Waals surface area contributed by atoms with E-state index >= 15 is 0 Å². The number of aliphatic hydroxyl groups excluding tert-OH is 1. The summed E-state index contributed by atoms with van der Waals surface area (Å²) in [5.74, 6) is 3.00. The molecule has 0 fully saturated rings. The predicted molar refractivity (Wildman–Crippen MR) is 151 cm³/mol. The summed E-state index contributed by atoms with van der Waals surface area (Å²) < 4.78 is 36.0. The number of ether oxygens (including phenoxy) is 6. The van der Waals surface area contributed by atoms with Crippen molar-refractivity contribution in [1.82, 2.24) is 5.32 Å². The van der Waals surface area contributed by atoms with Gasteiger partial charge in [-0.05, 0) is 67.3 Å². The Bertz CT molecular complexity index is 1230. The Labute approximate surface area is 235 Å². The van der Waals surface area contributed by atoms with Gasteiger partial charge in [-0.3, -0.25) is 0 Å². The molecule has 216 valence electrons. The van der Waals surface area contributed by atoms with Gasteiger partial charge in [0.25, 0.3) is 0 Å². The van der Waals surface area contributed by atoms with Crippen molar-refractivity contribution in [3.63, 3.8) is 0 Å². The van der Waals surface area contributed by atoms with Gasteiger partial charge in [-0.15, -0.1) is 0 Å². The van der Waals surface area contributed by atoms with Crippen LogP contribution in [-0.2, 0) is 9.47 Å². The summed E-state index contributed by atoms with van der Waals surface area (Å²) in [5, 5.41) is 14.9. The van der Waals surface area contributed by atoms with Crippen molar-refractivity contribution in [2.75, 3.05) is 47.7 Å². The molecule has 0 amide bonds. The summed E-state index contributed by atoms with van der Waals surface area (Å²) in [6.07, 6.45) is 4.98. The Morgan fingerprint density at radius 1 is 1.00 bits per heavy atom. The molecule has 0 saturated heterocycles. The van der Waals surface area contributed by atoms with Crippen LogP contribution in [0.3, 0.4) is 0 Å². The van der Waals surface area contributed by atoms with Crippen LogP contribution < -0.4 is 30.0 Å². The van der Waals surface area contributed by atoms with Crippen LogP contribution in [0.15, 0.2) is 59.9 Å². The second kappa shape index (κ2) is 12.8. The van der Waals surface area contributed by atoms with Crippen molar-refractivity contribution in [2.45, 2.75) is 37.6 Å². The number of allylic oxidation sites excluding steroid dienone is 1. The largest absolute Gasteiger partial charge is 0.497 e. The molecule has 0 aliphatic carbocycles. The van der Waals surface area contributed by atoms with Gasteiger partial charge in [-0.25, -0.2) is 0 Å². The monoisotopic (exact) mass is 552 g/mol. The molecule has 2 aromatic carbocycles. The van der Waals surface area contributed by atoms with E-state index < -0.39 is 6.10 Å². The van der Waals surface area contributed by atoms with E-state index in [9.17, 15) is 5.11 Å². The highest BCUT2D eigenvalue weighted by Gasteiger charge is 2.48. The first-order valence-electron chi connectivity index (χ1n) is 13.9. The maximum absolute atomic E-state index is 11.8. The summed E-state index contributed by atoms with van der Waals surface area (Å²) in [5.41, 5.74) is 8.73. The topological polar surface area (TPSA) is 114 Å². The molecular weight excluding hydrogens is 512 g/mol. The predicted octanol–water partition coefficient (Wildman–Crippen LogP) is 4.03. The fourth-order valence-corrected chi connectivity index (χ4v) is 5.94. The molecule has 9 nitrogen and oxygen atoms in total. The van der Waals surface area contributed by atoms with Crippen LogP contribution in [0.1, 0.15) is 42.6 Å². The first-order valence-corrected chi connectivity index (χ1v) is 13.9. The van der Waals surface area contributed by atoms with Crippen molar-refractivity contribution < 1.29 is 33.5 Å². The van der Waals surface area contributed by atoms with Crippen LogP contribution in [0, 0.1) is 11.8 Å². The van der Waals surface area contributed by atoms with Gasteiger partial charge in [-0.1, -0.05) is 6.08 Å². The van der Waals surface area contributed by atoms with Crippen molar-refractivity contribution in [1.29, 1.82) is 0 Å². The Hall–Kier alpha value is -3.40. The minimum atomic E-state index is -0.787. The first kappa shape index (κ1) is 28.1. The highest BCUT2D eigenvalue weighted by molar-refractivity contribution is 5.46. The van der Waals surface area contributed by atoms with Crippen LogP contribution in [0.5, 0.6) is 23.0 Å². The van der Waals surface area contributed by atoms with Crippen LogP contribution in [0.4, 0.5) is 0 Å². The number of fused-ring (bicyclic) bond motifs is 2. The van der Waals surface area contributed by atoms with Gasteiger partial charge in [0.2, 0.25) is 0 Å². The summed E-state index contributed by atoms with van der Waals surface area (Å²) in [6, 6.07) is 11.4. The fourth-order valence-electron chi connectivity index (χ4n) is 5.94. The zero-order valence-electron chi connectivity index (χ0n) is 23.4. The molecule has 3 heterocycles. The quantitative estimate of drug-likeness (QED) is 0.356. The van der Waals surface area contributed by atoms with Crippen molar-refractivity contribution in [3.05, 3.63) is 71.1 Å². The van der Waals surface area contributed by atoms with E-state index in [0.29, 0.717) is 55.7 Å². The molecule has 4 N–H and O–H groups in total. The van der Waals surface area contributed by atoms with E-state index in [1.165, 1.54) is 0 Å². The Kier molecular flexibility index (Phi) is 9.04. The van der Waals surface area contributed by atoms with Crippen LogP contribution in [0.2, 0.25) is 0 Å². The second-order valence-corrected chi connectivity index (χ2v) is 10.4. The summed E-state index contributed by atoms with van der Waals surface area (Å²) in [7, 11) is 4.97. The first-order chi connectivity index (χ1) is 19.5. The fraction of sp³-hybridized carbons (Fsp3) is 0.484. The van der Waals surface area contributed by atoms with E-state index in [1.54, 1.807) is 21.3 Å². The Morgan fingerprint density at radius 2 is 1.75 bits per heavy atom. The molecule has 9 heteroatoms. The van der Waals surface area contributed by atoms with Gasteiger partial charge in [-0.2, -0.15) is 0 Å². The lowest BCUT2D eigenvalue weighted by Gasteiger charge is -2.46. The van der Waals surface area contributed by atoms with Gasteiger partial charge in [0.1, 0.15) is 29.1 Å². The van der Waals surface area contributed by atoms with E-state index in [0.717, 1.165) is 35.5 Å². The third-order valence-corrected chi connectivity index (χ3v) is 7.98. The lowest BCUT2D eigenvalue weighted by Crippen LogP contribution is -2.46. The number of dihydropyridines is 1. The van der Waals surface area contributed by atoms with E-state index in [-0.39, 0.29) is 24.0 Å². The van der Waals surface area contributed by atoms with Crippen LogP contribution >= 0.6 is 0 Å². The summed E-state index contributed by atoms with van der Waals surface area (Å²) >= 11 is 0. The lowest BCUT2D eigenvalue weighted by molar-refractivity contribution is -0.112. The number of nitrogens with one attached hydrogen (secondary N) is 1. The van der Waals surface area contributed by atoms with E-state index in [4.69, 9.17) is 34.2 Å². The maximum atomic E-state index is 11.8.